The first-order valence-electron chi connectivity index (χ1n) is 6.97. The first kappa shape index (κ1) is 23.0. The van der Waals surface area contributed by atoms with Gasteiger partial charge in [0.15, 0.2) is 0 Å². The number of imidazole rings is 1. The van der Waals surface area contributed by atoms with Gasteiger partial charge in [0.1, 0.15) is 18.5 Å². The molecule has 0 spiro atoms. The maximum Gasteiger partial charge on any atom is 0.406 e. The van der Waals surface area contributed by atoms with E-state index in [4.69, 9.17) is 10.5 Å². The third kappa shape index (κ3) is 6.12. The van der Waals surface area contributed by atoms with Gasteiger partial charge in [-0.25, -0.2) is 4.98 Å². The summed E-state index contributed by atoms with van der Waals surface area (Å²) in [7, 11) is 1.52. The quantitative estimate of drug-likeness (QED) is 0.828. The van der Waals surface area contributed by atoms with Gasteiger partial charge in [-0.2, -0.15) is 13.2 Å². The fraction of sp³-hybridized carbons (Fsp3) is 0.692. The Labute approximate surface area is 150 Å². The van der Waals surface area contributed by atoms with E-state index in [1.54, 1.807) is 0 Å². The van der Waals surface area contributed by atoms with Crippen LogP contribution >= 0.6 is 24.8 Å². The fourth-order valence-electron chi connectivity index (χ4n) is 2.43. The van der Waals surface area contributed by atoms with E-state index < -0.39 is 18.8 Å². The molecular weight excluding hydrogens is 372 g/mol. The van der Waals surface area contributed by atoms with E-state index >= 15 is 0 Å². The summed E-state index contributed by atoms with van der Waals surface area (Å²) >= 11 is 0. The molecule has 1 aromatic heterocycles. The minimum Gasteiger partial charge on any atom is -0.364 e. The van der Waals surface area contributed by atoms with Crippen molar-refractivity contribution in [3.8, 4) is 0 Å². The van der Waals surface area contributed by atoms with E-state index in [2.05, 4.69) is 4.98 Å². The standard InChI is InChI=1S/C13H19F3N4O2.2ClH/c1-19(12(21)10-3-2-9(6-17)22-10)7-11-18-4-5-20(11)8-13(14,15)16;;/h4-5,9-10H,2-3,6-8,17H2,1H3;2*1H/t9-,10+;;/m1../s1. The smallest absolute Gasteiger partial charge is 0.364 e. The van der Waals surface area contributed by atoms with Crippen molar-refractivity contribution in [1.82, 2.24) is 14.5 Å². The highest BCUT2D eigenvalue weighted by Crippen LogP contribution is 2.22. The number of nitrogens with two attached hydrogens (primary N) is 1. The average molecular weight is 393 g/mol. The molecule has 1 aromatic rings. The topological polar surface area (TPSA) is 73.4 Å². The Kier molecular flexibility index (Phi) is 9.05. The van der Waals surface area contributed by atoms with Crippen molar-refractivity contribution in [3.63, 3.8) is 0 Å². The van der Waals surface area contributed by atoms with Gasteiger partial charge in [-0.15, -0.1) is 24.8 Å². The van der Waals surface area contributed by atoms with Crippen molar-refractivity contribution < 1.29 is 22.7 Å². The molecule has 0 saturated carbocycles. The highest BCUT2D eigenvalue weighted by Gasteiger charge is 2.33. The van der Waals surface area contributed by atoms with E-state index in [0.717, 1.165) is 4.57 Å². The van der Waals surface area contributed by atoms with Crippen LogP contribution in [-0.4, -0.2) is 52.3 Å². The van der Waals surface area contributed by atoms with Crippen LogP contribution in [0, 0.1) is 0 Å². The van der Waals surface area contributed by atoms with Crippen LogP contribution in [0.25, 0.3) is 0 Å². The van der Waals surface area contributed by atoms with Crippen LogP contribution in [-0.2, 0) is 22.6 Å². The number of alkyl halides is 3. The molecule has 24 heavy (non-hydrogen) atoms. The molecule has 0 unspecified atom stereocenters. The second-order valence-corrected chi connectivity index (χ2v) is 5.34. The molecule has 140 valence electrons. The van der Waals surface area contributed by atoms with Gasteiger partial charge in [-0.1, -0.05) is 0 Å². The van der Waals surface area contributed by atoms with Gasteiger partial charge in [0.25, 0.3) is 5.91 Å². The summed E-state index contributed by atoms with van der Waals surface area (Å²) in [6.07, 6.45) is -1.22. The molecular formula is C13H21Cl2F3N4O2. The molecule has 2 N–H and O–H groups in total. The van der Waals surface area contributed by atoms with Crippen LogP contribution in [0.1, 0.15) is 18.7 Å². The Bertz CT molecular complexity index is 528. The van der Waals surface area contributed by atoms with E-state index in [1.165, 1.54) is 24.3 Å². The zero-order valence-electron chi connectivity index (χ0n) is 13.0. The molecule has 2 heterocycles. The molecule has 1 amide bonds. The number of hydrogen-bond donors (Lipinski definition) is 1. The van der Waals surface area contributed by atoms with E-state index in [-0.39, 0.29) is 49.2 Å². The van der Waals surface area contributed by atoms with Crippen LogP contribution in [0.2, 0.25) is 0 Å². The lowest BCUT2D eigenvalue weighted by atomic mass is 10.2. The minimum atomic E-state index is -4.33. The Balaban J connectivity index is 0.00000264. The number of nitrogens with zero attached hydrogens (tertiary/aromatic N) is 3. The Morgan fingerprint density at radius 2 is 2.12 bits per heavy atom. The molecule has 0 aliphatic carbocycles. The van der Waals surface area contributed by atoms with Crippen LogP contribution in [0.15, 0.2) is 12.4 Å². The number of amides is 1. The number of carbonyl (C=O) groups is 1. The number of rotatable bonds is 5. The largest absolute Gasteiger partial charge is 0.406 e. The summed E-state index contributed by atoms with van der Waals surface area (Å²) in [4.78, 5) is 17.5. The number of carbonyl (C=O) groups excluding carboxylic acids is 1. The Morgan fingerprint density at radius 3 is 2.67 bits per heavy atom. The van der Waals surface area contributed by atoms with Crippen LogP contribution in [0.3, 0.4) is 0 Å². The van der Waals surface area contributed by atoms with Gasteiger partial charge in [0.05, 0.1) is 12.6 Å². The van der Waals surface area contributed by atoms with Crippen molar-refractivity contribution >= 4 is 30.7 Å². The molecule has 1 saturated heterocycles. The normalized spacial score (nSPS) is 20.2. The summed E-state index contributed by atoms with van der Waals surface area (Å²) in [6, 6.07) is 0. The predicted octanol–water partition coefficient (Wildman–Crippen LogP) is 1.75. The first-order valence-corrected chi connectivity index (χ1v) is 6.97. The third-order valence-corrected chi connectivity index (χ3v) is 3.55. The van der Waals surface area contributed by atoms with Gasteiger partial charge >= 0.3 is 6.18 Å². The predicted molar refractivity (Wildman–Crippen MR) is 86.2 cm³/mol. The monoisotopic (exact) mass is 392 g/mol. The molecule has 0 radical (unpaired) electrons. The van der Waals surface area contributed by atoms with E-state index in [1.807, 2.05) is 0 Å². The third-order valence-electron chi connectivity index (χ3n) is 3.55. The first-order chi connectivity index (χ1) is 10.3. The van der Waals surface area contributed by atoms with Crippen molar-refractivity contribution in [2.24, 2.45) is 5.73 Å². The Hall–Kier alpha value is -1.03. The van der Waals surface area contributed by atoms with E-state index in [0.29, 0.717) is 19.4 Å². The lowest BCUT2D eigenvalue weighted by molar-refractivity contribution is -0.143. The van der Waals surface area contributed by atoms with Crippen LogP contribution < -0.4 is 5.73 Å². The number of aromatic nitrogens is 2. The molecule has 6 nitrogen and oxygen atoms in total. The van der Waals surface area contributed by atoms with Gasteiger partial charge in [-0.3, -0.25) is 4.79 Å². The molecule has 0 aromatic carbocycles. The molecule has 1 aliphatic rings. The minimum absolute atomic E-state index is 0. The average Bonchev–Trinajstić information content (AvgIpc) is 3.06. The van der Waals surface area contributed by atoms with Crippen molar-refractivity contribution in [2.45, 2.75) is 44.3 Å². The van der Waals surface area contributed by atoms with Crippen molar-refractivity contribution in [1.29, 1.82) is 0 Å². The second-order valence-electron chi connectivity index (χ2n) is 5.34. The van der Waals surface area contributed by atoms with E-state index in [9.17, 15) is 18.0 Å². The molecule has 1 fully saturated rings. The molecule has 1 aliphatic heterocycles. The summed E-state index contributed by atoms with van der Waals surface area (Å²) in [5.74, 6) is -0.0842. The summed E-state index contributed by atoms with van der Waals surface area (Å²) in [5, 5.41) is 0. The van der Waals surface area contributed by atoms with Crippen LogP contribution in [0.4, 0.5) is 13.2 Å². The van der Waals surface area contributed by atoms with Crippen molar-refractivity contribution in [2.75, 3.05) is 13.6 Å². The molecule has 11 heteroatoms. The maximum absolute atomic E-state index is 12.5. The summed E-state index contributed by atoms with van der Waals surface area (Å²) < 4.78 is 43.9. The van der Waals surface area contributed by atoms with Gasteiger partial charge in [0.2, 0.25) is 0 Å². The maximum atomic E-state index is 12.5. The number of hydrogen-bond acceptors (Lipinski definition) is 4. The van der Waals surface area contributed by atoms with Gasteiger partial charge in [0, 0.05) is 26.0 Å². The highest BCUT2D eigenvalue weighted by molar-refractivity contribution is 5.85. The summed E-state index contributed by atoms with van der Waals surface area (Å²) in [5.41, 5.74) is 5.49. The fourth-order valence-corrected chi connectivity index (χ4v) is 2.43. The Morgan fingerprint density at radius 1 is 1.46 bits per heavy atom. The zero-order chi connectivity index (χ0) is 16.3. The second kappa shape index (κ2) is 9.45. The SMILES string of the molecule is CN(Cc1nccn1CC(F)(F)F)C(=O)[C@@H]1CC[C@H](CN)O1.Cl.Cl. The lowest BCUT2D eigenvalue weighted by Crippen LogP contribution is -2.37. The highest BCUT2D eigenvalue weighted by atomic mass is 35.5. The number of halogens is 5. The molecule has 2 rings (SSSR count). The molecule has 2 atom stereocenters. The number of ether oxygens (including phenoxy) is 1. The number of likely N-dealkylation sites (N-methyl/N-ethyl adjacent to an activating group) is 1. The van der Waals surface area contributed by atoms with Crippen molar-refractivity contribution in [3.05, 3.63) is 18.2 Å². The summed E-state index contributed by atoms with van der Waals surface area (Å²) in [6.45, 7) is -0.780. The molecule has 0 bridgehead atoms. The lowest BCUT2D eigenvalue weighted by Gasteiger charge is -2.21. The zero-order valence-corrected chi connectivity index (χ0v) is 14.7. The van der Waals surface area contributed by atoms with Gasteiger partial charge < -0.3 is 19.9 Å². The van der Waals surface area contributed by atoms with Gasteiger partial charge in [-0.05, 0) is 12.8 Å². The van der Waals surface area contributed by atoms with Crippen LogP contribution in [0.5, 0.6) is 0 Å².